The topological polar surface area (TPSA) is 75.3 Å². The maximum absolute atomic E-state index is 12.0. The van der Waals surface area contributed by atoms with Gasteiger partial charge in [-0.25, -0.2) is 8.42 Å². The fraction of sp³-hybridized carbons (Fsp3) is 0.533. The van der Waals surface area contributed by atoms with Crippen molar-refractivity contribution in [1.29, 1.82) is 0 Å². The Balaban J connectivity index is 1.92. The van der Waals surface area contributed by atoms with Crippen molar-refractivity contribution in [3.05, 3.63) is 24.3 Å². The number of benzene rings is 1. The molecule has 5 nitrogen and oxygen atoms in total. The first-order valence-corrected chi connectivity index (χ1v) is 9.00. The van der Waals surface area contributed by atoms with E-state index in [-0.39, 0.29) is 11.7 Å². The number of hydrogen-bond donors (Lipinski definition) is 2. The van der Waals surface area contributed by atoms with Crippen LogP contribution in [0.2, 0.25) is 0 Å². The predicted molar refractivity (Wildman–Crippen MR) is 83.0 cm³/mol. The van der Waals surface area contributed by atoms with Crippen molar-refractivity contribution in [2.45, 2.75) is 31.1 Å². The fourth-order valence-corrected chi connectivity index (χ4v) is 3.36. The van der Waals surface area contributed by atoms with Crippen molar-refractivity contribution in [3.8, 4) is 0 Å². The highest BCUT2D eigenvalue weighted by molar-refractivity contribution is 7.91. The molecule has 1 saturated heterocycles. The van der Waals surface area contributed by atoms with Gasteiger partial charge in [0.25, 0.3) is 0 Å². The van der Waals surface area contributed by atoms with Gasteiger partial charge in [-0.1, -0.05) is 6.92 Å². The number of rotatable bonds is 5. The highest BCUT2D eigenvalue weighted by Crippen LogP contribution is 2.19. The molecule has 0 radical (unpaired) electrons. The first-order valence-electron chi connectivity index (χ1n) is 7.34. The van der Waals surface area contributed by atoms with E-state index >= 15 is 0 Å². The van der Waals surface area contributed by atoms with E-state index in [0.717, 1.165) is 25.9 Å². The van der Waals surface area contributed by atoms with Crippen LogP contribution in [0.4, 0.5) is 5.69 Å². The molecule has 1 aliphatic rings. The smallest absolute Gasteiger partial charge is 0.224 e. The average molecular weight is 310 g/mol. The lowest BCUT2D eigenvalue weighted by molar-refractivity contribution is -0.117. The van der Waals surface area contributed by atoms with E-state index in [9.17, 15) is 13.2 Å². The van der Waals surface area contributed by atoms with Gasteiger partial charge in [0.2, 0.25) is 5.91 Å². The molecular formula is C15H22N2O3S. The van der Waals surface area contributed by atoms with Crippen LogP contribution in [-0.2, 0) is 14.6 Å². The maximum Gasteiger partial charge on any atom is 0.224 e. The van der Waals surface area contributed by atoms with Gasteiger partial charge in [0, 0.05) is 12.1 Å². The van der Waals surface area contributed by atoms with E-state index < -0.39 is 9.84 Å². The van der Waals surface area contributed by atoms with E-state index in [1.165, 1.54) is 0 Å². The first-order chi connectivity index (χ1) is 10.0. The number of carbonyl (C=O) groups is 1. The highest BCUT2D eigenvalue weighted by Gasteiger charge is 2.17. The third-order valence-corrected chi connectivity index (χ3v) is 5.56. The van der Waals surface area contributed by atoms with E-state index in [4.69, 9.17) is 0 Å². The number of carbonyl (C=O) groups excluding carboxylic acids is 1. The summed E-state index contributed by atoms with van der Waals surface area (Å²) in [4.78, 5) is 12.3. The number of nitrogens with one attached hydrogen (secondary N) is 2. The summed E-state index contributed by atoms with van der Waals surface area (Å²) >= 11 is 0. The van der Waals surface area contributed by atoms with E-state index in [1.54, 1.807) is 31.2 Å². The molecular weight excluding hydrogens is 288 g/mol. The normalized spacial score (nSPS) is 16.6. The molecule has 1 amide bonds. The molecule has 2 N–H and O–H groups in total. The zero-order chi connectivity index (χ0) is 15.3. The third-order valence-electron chi connectivity index (χ3n) is 3.81. The number of hydrogen-bond acceptors (Lipinski definition) is 4. The van der Waals surface area contributed by atoms with Gasteiger partial charge in [0.1, 0.15) is 0 Å². The van der Waals surface area contributed by atoms with Gasteiger partial charge in [-0.3, -0.25) is 4.79 Å². The van der Waals surface area contributed by atoms with Gasteiger partial charge in [-0.15, -0.1) is 0 Å². The second kappa shape index (κ2) is 7.04. The minimum Gasteiger partial charge on any atom is -0.326 e. The van der Waals surface area contributed by atoms with Crippen LogP contribution in [0.1, 0.15) is 26.2 Å². The van der Waals surface area contributed by atoms with Crippen LogP contribution in [0.5, 0.6) is 0 Å². The molecule has 6 heteroatoms. The average Bonchev–Trinajstić information content (AvgIpc) is 2.48. The lowest BCUT2D eigenvalue weighted by Gasteiger charge is -2.21. The molecule has 0 unspecified atom stereocenters. The molecule has 0 aliphatic carbocycles. The Kier molecular flexibility index (Phi) is 5.36. The number of piperidine rings is 1. The fourth-order valence-electron chi connectivity index (χ4n) is 2.47. The van der Waals surface area contributed by atoms with Gasteiger partial charge < -0.3 is 10.6 Å². The minimum atomic E-state index is -3.19. The second-order valence-corrected chi connectivity index (χ2v) is 7.65. The van der Waals surface area contributed by atoms with Crippen molar-refractivity contribution < 1.29 is 13.2 Å². The second-order valence-electron chi connectivity index (χ2n) is 5.37. The van der Waals surface area contributed by atoms with Crippen LogP contribution >= 0.6 is 0 Å². The number of amides is 1. The Bertz CT molecular complexity index is 575. The Labute approximate surface area is 126 Å². The molecule has 21 heavy (non-hydrogen) atoms. The Morgan fingerprint density at radius 1 is 1.24 bits per heavy atom. The predicted octanol–water partition coefficient (Wildman–Crippen LogP) is 1.81. The van der Waals surface area contributed by atoms with E-state index in [0.29, 0.717) is 22.9 Å². The van der Waals surface area contributed by atoms with Crippen LogP contribution in [0, 0.1) is 5.92 Å². The van der Waals surface area contributed by atoms with Crippen molar-refractivity contribution >= 4 is 21.4 Å². The zero-order valence-corrected chi connectivity index (χ0v) is 13.1. The van der Waals surface area contributed by atoms with Gasteiger partial charge in [0.05, 0.1) is 10.6 Å². The monoisotopic (exact) mass is 310 g/mol. The summed E-state index contributed by atoms with van der Waals surface area (Å²) in [6.45, 7) is 3.56. The highest BCUT2D eigenvalue weighted by atomic mass is 32.2. The van der Waals surface area contributed by atoms with E-state index in [1.807, 2.05) is 0 Å². The number of sulfone groups is 1. The zero-order valence-electron chi connectivity index (χ0n) is 12.3. The van der Waals surface area contributed by atoms with Gasteiger partial charge in [-0.2, -0.15) is 0 Å². The summed E-state index contributed by atoms with van der Waals surface area (Å²) in [5.74, 6) is 0.507. The minimum absolute atomic E-state index is 0.00648. The van der Waals surface area contributed by atoms with Crippen LogP contribution in [0.3, 0.4) is 0 Å². The molecule has 1 aromatic rings. The molecule has 1 aromatic carbocycles. The van der Waals surface area contributed by atoms with Crippen molar-refractivity contribution in [2.24, 2.45) is 5.92 Å². The number of anilines is 1. The van der Waals surface area contributed by atoms with Crippen LogP contribution < -0.4 is 10.6 Å². The quantitative estimate of drug-likeness (QED) is 0.870. The first kappa shape index (κ1) is 16.0. The molecule has 2 rings (SSSR count). The summed E-state index contributed by atoms with van der Waals surface area (Å²) in [7, 11) is -3.19. The largest absolute Gasteiger partial charge is 0.326 e. The maximum atomic E-state index is 12.0. The lowest BCUT2D eigenvalue weighted by Crippen LogP contribution is -2.30. The van der Waals surface area contributed by atoms with Gasteiger partial charge in [-0.05, 0) is 56.1 Å². The lowest BCUT2D eigenvalue weighted by atomic mass is 9.94. The molecule has 1 fully saturated rings. The van der Waals surface area contributed by atoms with Crippen LogP contribution in [0.25, 0.3) is 0 Å². The molecule has 0 saturated carbocycles. The van der Waals surface area contributed by atoms with Crippen molar-refractivity contribution in [2.75, 3.05) is 24.2 Å². The summed E-state index contributed by atoms with van der Waals surface area (Å²) in [6.07, 6.45) is 2.58. The molecule has 0 bridgehead atoms. The Hall–Kier alpha value is -1.40. The Morgan fingerprint density at radius 3 is 2.43 bits per heavy atom. The van der Waals surface area contributed by atoms with Crippen LogP contribution in [0.15, 0.2) is 29.2 Å². The van der Waals surface area contributed by atoms with E-state index in [2.05, 4.69) is 10.6 Å². The van der Waals surface area contributed by atoms with Crippen molar-refractivity contribution in [1.82, 2.24) is 5.32 Å². The summed E-state index contributed by atoms with van der Waals surface area (Å²) in [6, 6.07) is 6.36. The molecule has 1 aliphatic heterocycles. The van der Waals surface area contributed by atoms with Crippen molar-refractivity contribution in [3.63, 3.8) is 0 Å². The summed E-state index contributed by atoms with van der Waals surface area (Å²) in [5, 5.41) is 6.11. The third kappa shape index (κ3) is 4.54. The molecule has 0 aromatic heterocycles. The van der Waals surface area contributed by atoms with Crippen LogP contribution in [-0.4, -0.2) is 33.2 Å². The standard InChI is InChI=1S/C15H22N2O3S/c1-2-21(19,20)14-5-3-13(4-6-14)17-15(18)11-12-7-9-16-10-8-12/h3-6,12,16H,2,7-11H2,1H3,(H,17,18). The molecule has 0 atom stereocenters. The molecule has 116 valence electrons. The molecule has 0 spiro atoms. The van der Waals surface area contributed by atoms with Gasteiger partial charge >= 0.3 is 0 Å². The summed E-state index contributed by atoms with van der Waals surface area (Å²) < 4.78 is 23.4. The van der Waals surface area contributed by atoms with Gasteiger partial charge in [0.15, 0.2) is 9.84 Å². The SMILES string of the molecule is CCS(=O)(=O)c1ccc(NC(=O)CC2CCNCC2)cc1. The summed E-state index contributed by atoms with van der Waals surface area (Å²) in [5.41, 5.74) is 0.643. The Morgan fingerprint density at radius 2 is 1.86 bits per heavy atom. The molecule has 1 heterocycles.